The molecule has 3 aromatic heterocycles. The van der Waals surface area contributed by atoms with Crippen LogP contribution in [0.25, 0.3) is 33.3 Å². The van der Waals surface area contributed by atoms with E-state index in [4.69, 9.17) is 10.3 Å². The number of pyridine rings is 1. The van der Waals surface area contributed by atoms with Gasteiger partial charge in [-0.1, -0.05) is 30.3 Å². The normalized spacial score (nSPS) is 10.9. The van der Waals surface area contributed by atoms with E-state index >= 15 is 0 Å². The summed E-state index contributed by atoms with van der Waals surface area (Å²) in [6.45, 7) is 2.53. The molecule has 0 spiro atoms. The zero-order valence-electron chi connectivity index (χ0n) is 20.6. The van der Waals surface area contributed by atoms with E-state index in [1.54, 1.807) is 36.5 Å². The van der Waals surface area contributed by atoms with Crippen molar-refractivity contribution in [3.63, 3.8) is 0 Å². The van der Waals surface area contributed by atoms with Crippen LogP contribution in [-0.4, -0.2) is 26.1 Å². The molecule has 5 rings (SSSR count). The van der Waals surface area contributed by atoms with E-state index in [-0.39, 0.29) is 28.1 Å². The average molecular weight is 507 g/mol. The van der Waals surface area contributed by atoms with Crippen molar-refractivity contribution in [2.24, 2.45) is 12.8 Å². The van der Waals surface area contributed by atoms with Gasteiger partial charge < -0.3 is 20.1 Å². The Bertz CT molecular complexity index is 1820. The van der Waals surface area contributed by atoms with Gasteiger partial charge >= 0.3 is 0 Å². The summed E-state index contributed by atoms with van der Waals surface area (Å²) in [5.74, 6) is -1.06. The van der Waals surface area contributed by atoms with Gasteiger partial charge in [-0.05, 0) is 48.4 Å². The van der Waals surface area contributed by atoms with Crippen LogP contribution in [0.1, 0.15) is 33.5 Å². The molecule has 188 valence electrons. The number of nitrogens with one attached hydrogen (secondary N) is 1. The third-order valence-corrected chi connectivity index (χ3v) is 6.27. The number of carbonyl (C=O) groups is 2. The maximum Gasteiger partial charge on any atom is 0.291 e. The Morgan fingerprint density at radius 2 is 1.84 bits per heavy atom. The van der Waals surface area contributed by atoms with Crippen molar-refractivity contribution in [1.29, 1.82) is 5.26 Å². The van der Waals surface area contributed by atoms with Crippen LogP contribution in [0, 0.1) is 11.3 Å². The molecular formula is C28H22N6O4. The molecule has 0 atom stereocenters. The molecule has 3 N–H and O–H groups in total. The third kappa shape index (κ3) is 4.12. The van der Waals surface area contributed by atoms with Crippen LogP contribution in [0.4, 0.5) is 5.69 Å². The number of nitrogens with zero attached hydrogens (tertiary/aromatic N) is 4. The van der Waals surface area contributed by atoms with Crippen LogP contribution >= 0.6 is 0 Å². The summed E-state index contributed by atoms with van der Waals surface area (Å²) < 4.78 is 8.23. The molecule has 0 unspecified atom stereocenters. The molecule has 2 aromatic carbocycles. The summed E-state index contributed by atoms with van der Waals surface area (Å²) in [6, 6.07) is 19.3. The van der Waals surface area contributed by atoms with Crippen LogP contribution < -0.4 is 16.6 Å². The number of rotatable bonds is 6. The number of aryl methyl sites for hydroxylation is 2. The zero-order chi connectivity index (χ0) is 27.0. The van der Waals surface area contributed by atoms with E-state index in [1.165, 1.54) is 13.1 Å². The fraction of sp³-hybridized carbons (Fsp3) is 0.107. The number of anilines is 1. The van der Waals surface area contributed by atoms with Crippen molar-refractivity contribution in [2.75, 3.05) is 5.32 Å². The summed E-state index contributed by atoms with van der Waals surface area (Å²) in [4.78, 5) is 41.6. The minimum Gasteiger partial charge on any atom is -0.366 e. The number of nitriles is 1. The summed E-state index contributed by atoms with van der Waals surface area (Å²) >= 11 is 0. The monoisotopic (exact) mass is 506 g/mol. The van der Waals surface area contributed by atoms with E-state index in [0.29, 0.717) is 23.3 Å². The maximum absolute atomic E-state index is 13.2. The van der Waals surface area contributed by atoms with Gasteiger partial charge in [0, 0.05) is 42.1 Å². The second-order valence-corrected chi connectivity index (χ2v) is 8.56. The third-order valence-electron chi connectivity index (χ3n) is 6.27. The Labute approximate surface area is 216 Å². The number of benzene rings is 2. The van der Waals surface area contributed by atoms with Crippen molar-refractivity contribution < 1.29 is 14.1 Å². The van der Waals surface area contributed by atoms with Crippen LogP contribution in [0.15, 0.2) is 76.2 Å². The van der Waals surface area contributed by atoms with Gasteiger partial charge in [-0.2, -0.15) is 10.0 Å². The molecule has 38 heavy (non-hydrogen) atoms. The number of amides is 2. The molecule has 0 aliphatic carbocycles. The SMILES string of the molecule is CCn1c(-c2ccc(-c3c(C#N)on(C)c3=O)cc2)cc2ccnc(C(=O)Nc3cccc(C(N)=O)c3)c21. The Morgan fingerprint density at radius 1 is 1.11 bits per heavy atom. The molecule has 0 saturated carbocycles. The molecule has 2 amide bonds. The van der Waals surface area contributed by atoms with Crippen molar-refractivity contribution in [1.82, 2.24) is 14.3 Å². The molecule has 10 nitrogen and oxygen atoms in total. The minimum atomic E-state index is -0.589. The minimum absolute atomic E-state index is 0.0454. The first-order valence-electron chi connectivity index (χ1n) is 11.7. The lowest BCUT2D eigenvalue weighted by atomic mass is 10.0. The number of nitrogens with two attached hydrogens (primary N) is 1. The van der Waals surface area contributed by atoms with E-state index in [0.717, 1.165) is 21.4 Å². The van der Waals surface area contributed by atoms with Gasteiger partial charge in [0.15, 0.2) is 5.69 Å². The van der Waals surface area contributed by atoms with E-state index in [2.05, 4.69) is 10.3 Å². The quantitative estimate of drug-likeness (QED) is 0.357. The number of aromatic nitrogens is 3. The van der Waals surface area contributed by atoms with Crippen molar-refractivity contribution in [2.45, 2.75) is 13.5 Å². The lowest BCUT2D eigenvalue weighted by molar-refractivity contribution is 0.0995. The van der Waals surface area contributed by atoms with Crippen molar-refractivity contribution in [3.8, 4) is 28.5 Å². The number of carbonyl (C=O) groups excluding carboxylic acids is 2. The smallest absolute Gasteiger partial charge is 0.291 e. The van der Waals surface area contributed by atoms with Crippen LogP contribution in [-0.2, 0) is 13.6 Å². The Hall–Kier alpha value is -5.43. The predicted molar refractivity (Wildman–Crippen MR) is 141 cm³/mol. The number of fused-ring (bicyclic) bond motifs is 1. The second-order valence-electron chi connectivity index (χ2n) is 8.56. The Morgan fingerprint density at radius 3 is 2.53 bits per heavy atom. The Balaban J connectivity index is 1.54. The fourth-order valence-corrected chi connectivity index (χ4v) is 4.51. The molecule has 0 bridgehead atoms. The van der Waals surface area contributed by atoms with Gasteiger partial charge in [0.2, 0.25) is 11.7 Å². The molecule has 0 saturated heterocycles. The highest BCUT2D eigenvalue weighted by atomic mass is 16.5. The first kappa shape index (κ1) is 24.3. The number of primary amides is 1. The molecule has 3 heterocycles. The molecule has 0 radical (unpaired) electrons. The van der Waals surface area contributed by atoms with Crippen molar-refractivity contribution in [3.05, 3.63) is 94.2 Å². The summed E-state index contributed by atoms with van der Waals surface area (Å²) in [6.07, 6.45) is 1.57. The average Bonchev–Trinajstić information content (AvgIpc) is 3.45. The fourth-order valence-electron chi connectivity index (χ4n) is 4.51. The standard InChI is InChI=1S/C28H22N6O4/c1-3-34-21(16-7-9-17(10-8-16)23-22(15-29)38-33(2)28(23)37)14-18-11-12-31-24(25(18)34)27(36)32-20-6-4-5-19(13-20)26(30)35/h4-14H,3H2,1-2H3,(H2,30,35)(H,32,36). The van der Waals surface area contributed by atoms with Crippen LogP contribution in [0.2, 0.25) is 0 Å². The van der Waals surface area contributed by atoms with Crippen LogP contribution in [0.5, 0.6) is 0 Å². The van der Waals surface area contributed by atoms with Gasteiger partial charge in [0.1, 0.15) is 11.6 Å². The van der Waals surface area contributed by atoms with Gasteiger partial charge in [-0.25, -0.2) is 4.98 Å². The predicted octanol–water partition coefficient (Wildman–Crippen LogP) is 3.90. The van der Waals surface area contributed by atoms with E-state index in [1.807, 2.05) is 41.8 Å². The Kier molecular flexibility index (Phi) is 6.10. The van der Waals surface area contributed by atoms with Gasteiger partial charge in [0.25, 0.3) is 11.5 Å². The highest BCUT2D eigenvalue weighted by Crippen LogP contribution is 2.32. The van der Waals surface area contributed by atoms with E-state index in [9.17, 15) is 19.6 Å². The first-order chi connectivity index (χ1) is 18.3. The highest BCUT2D eigenvalue weighted by molar-refractivity contribution is 6.11. The topological polar surface area (TPSA) is 149 Å². The molecular weight excluding hydrogens is 484 g/mol. The number of hydrogen-bond acceptors (Lipinski definition) is 6. The second kappa shape index (κ2) is 9.55. The van der Waals surface area contributed by atoms with Crippen LogP contribution in [0.3, 0.4) is 0 Å². The zero-order valence-corrected chi connectivity index (χ0v) is 20.6. The highest BCUT2D eigenvalue weighted by Gasteiger charge is 2.20. The van der Waals surface area contributed by atoms with Gasteiger partial charge in [-0.3, -0.25) is 14.4 Å². The molecule has 0 fully saturated rings. The lowest BCUT2D eigenvalue weighted by Gasteiger charge is -2.12. The lowest BCUT2D eigenvalue weighted by Crippen LogP contribution is -2.17. The summed E-state index contributed by atoms with van der Waals surface area (Å²) in [7, 11) is 1.46. The van der Waals surface area contributed by atoms with Crippen molar-refractivity contribution >= 4 is 28.4 Å². The largest absolute Gasteiger partial charge is 0.366 e. The summed E-state index contributed by atoms with van der Waals surface area (Å²) in [5.41, 5.74) is 9.06. The summed E-state index contributed by atoms with van der Waals surface area (Å²) in [5, 5.41) is 13.0. The first-order valence-corrected chi connectivity index (χ1v) is 11.7. The van der Waals surface area contributed by atoms with Gasteiger partial charge in [0.05, 0.1) is 5.52 Å². The molecule has 5 aromatic rings. The molecule has 0 aliphatic heterocycles. The molecule has 0 aliphatic rings. The van der Waals surface area contributed by atoms with Gasteiger partial charge in [-0.15, -0.1) is 0 Å². The molecule has 10 heteroatoms. The maximum atomic E-state index is 13.2. The number of hydrogen-bond donors (Lipinski definition) is 2. The van der Waals surface area contributed by atoms with E-state index < -0.39 is 11.8 Å².